The molecule has 4 aliphatic carbocycles. The number of ether oxygens (including phenoxy) is 1. The maximum absolute atomic E-state index is 12.7. The molecule has 5 fully saturated rings. The van der Waals surface area contributed by atoms with Crippen LogP contribution in [-0.2, 0) is 4.74 Å². The number of rotatable bonds is 5. The molecule has 5 aliphatic rings. The van der Waals surface area contributed by atoms with Gasteiger partial charge in [-0.2, -0.15) is 0 Å². The van der Waals surface area contributed by atoms with Crippen LogP contribution in [0.2, 0.25) is 0 Å². The average molecular weight is 420 g/mol. The van der Waals surface area contributed by atoms with Crippen LogP contribution in [0.5, 0.6) is 0 Å². The van der Waals surface area contributed by atoms with Gasteiger partial charge in [-0.1, -0.05) is 25.7 Å². The number of nitroso groups, excluding NO2 is 1. The SMILES string of the molecule is C[N+](=O)C1C2CCCCC2C(C(O)NC2CCCCOC2C2CC2)C2CCCCC21. The van der Waals surface area contributed by atoms with Gasteiger partial charge in [0.25, 0.3) is 0 Å². The van der Waals surface area contributed by atoms with E-state index in [0.29, 0.717) is 41.5 Å². The molecule has 0 aromatic rings. The highest BCUT2D eigenvalue weighted by molar-refractivity contribution is 5.02. The van der Waals surface area contributed by atoms with Crippen molar-refractivity contribution in [2.75, 3.05) is 13.7 Å². The zero-order chi connectivity index (χ0) is 20.7. The summed E-state index contributed by atoms with van der Waals surface area (Å²) in [6.07, 6.45) is 15.6. The van der Waals surface area contributed by atoms with Gasteiger partial charge in [-0.25, -0.2) is 0 Å². The molecule has 5 rings (SSSR count). The fourth-order valence-corrected chi connectivity index (χ4v) is 8.19. The van der Waals surface area contributed by atoms with E-state index in [0.717, 1.165) is 19.4 Å². The van der Waals surface area contributed by atoms with Crippen LogP contribution in [0.4, 0.5) is 0 Å². The molecule has 7 atom stereocenters. The summed E-state index contributed by atoms with van der Waals surface area (Å²) in [4.78, 5) is 12.7. The minimum absolute atomic E-state index is 0.171. The Hall–Kier alpha value is -0.520. The molecule has 4 saturated carbocycles. The van der Waals surface area contributed by atoms with Gasteiger partial charge < -0.3 is 9.84 Å². The second-order valence-corrected chi connectivity index (χ2v) is 11.2. The molecule has 30 heavy (non-hydrogen) atoms. The molecule has 1 aliphatic heterocycles. The van der Waals surface area contributed by atoms with Crippen LogP contribution in [0, 0.1) is 40.4 Å². The van der Waals surface area contributed by atoms with Crippen molar-refractivity contribution < 1.29 is 14.6 Å². The lowest BCUT2D eigenvalue weighted by molar-refractivity contribution is -0.587. The first-order valence-electron chi connectivity index (χ1n) is 13.1. The molecule has 5 heteroatoms. The van der Waals surface area contributed by atoms with Gasteiger partial charge in [0.2, 0.25) is 6.04 Å². The Bertz CT molecular complexity index is 585. The third kappa shape index (κ3) is 4.11. The summed E-state index contributed by atoms with van der Waals surface area (Å²) in [5.74, 6) is 2.92. The second-order valence-electron chi connectivity index (χ2n) is 11.2. The number of hydrogen-bond donors (Lipinski definition) is 2. The van der Waals surface area contributed by atoms with Gasteiger partial charge in [-0.15, -0.1) is 0 Å². The Morgan fingerprint density at radius 1 is 0.833 bits per heavy atom. The summed E-state index contributed by atoms with van der Waals surface area (Å²) in [5.41, 5.74) is 0. The molecule has 1 heterocycles. The molecular weight excluding hydrogens is 376 g/mol. The molecule has 0 aromatic carbocycles. The molecule has 0 radical (unpaired) electrons. The van der Waals surface area contributed by atoms with E-state index in [-0.39, 0.29) is 12.1 Å². The summed E-state index contributed by atoms with van der Waals surface area (Å²) in [5, 5.41) is 15.4. The van der Waals surface area contributed by atoms with Crippen molar-refractivity contribution >= 4 is 0 Å². The Morgan fingerprint density at radius 3 is 1.97 bits per heavy atom. The largest absolute Gasteiger partial charge is 0.378 e. The Labute approximate surface area is 182 Å². The fourth-order valence-electron chi connectivity index (χ4n) is 8.19. The highest BCUT2D eigenvalue weighted by atomic mass is 16.5. The summed E-state index contributed by atoms with van der Waals surface area (Å²) in [6, 6.07) is 0.462. The van der Waals surface area contributed by atoms with Crippen molar-refractivity contribution in [1.82, 2.24) is 5.32 Å². The first kappa shape index (κ1) is 21.3. The topological polar surface area (TPSA) is 61.6 Å². The number of fused-ring (bicyclic) bond motifs is 2. The van der Waals surface area contributed by atoms with Crippen molar-refractivity contribution in [2.24, 2.45) is 35.5 Å². The number of aliphatic hydroxyl groups is 1. The van der Waals surface area contributed by atoms with E-state index in [9.17, 15) is 10.0 Å². The third-order valence-corrected chi connectivity index (χ3v) is 9.49. The van der Waals surface area contributed by atoms with E-state index >= 15 is 0 Å². The maximum atomic E-state index is 12.7. The number of aliphatic hydroxyl groups excluding tert-OH is 1. The molecule has 170 valence electrons. The molecule has 0 aromatic heterocycles. The standard InChI is InChI=1S/C25H43N2O3/c1-27(29)23-19-10-4-2-8-17(19)22(18-9-3-5-11-20(18)23)25(28)26-21-12-6-7-15-30-24(21)16-13-14-16/h16-26,28H,2-15H2,1H3/q+1. The second kappa shape index (κ2) is 9.15. The van der Waals surface area contributed by atoms with Gasteiger partial charge in [0.1, 0.15) is 6.23 Å². The predicted octanol–water partition coefficient (Wildman–Crippen LogP) is 4.26. The van der Waals surface area contributed by atoms with Gasteiger partial charge in [0.15, 0.2) is 7.05 Å². The van der Waals surface area contributed by atoms with Gasteiger partial charge >= 0.3 is 0 Å². The van der Waals surface area contributed by atoms with Crippen LogP contribution in [0.15, 0.2) is 0 Å². The normalized spacial score (nSPS) is 45.7. The van der Waals surface area contributed by atoms with Crippen LogP contribution in [0.3, 0.4) is 0 Å². The van der Waals surface area contributed by atoms with Gasteiger partial charge in [-0.05, 0) is 80.3 Å². The molecular formula is C25H43N2O3+. The van der Waals surface area contributed by atoms with Crippen LogP contribution in [-0.4, -0.2) is 47.9 Å². The van der Waals surface area contributed by atoms with E-state index in [4.69, 9.17) is 4.74 Å². The van der Waals surface area contributed by atoms with Crippen molar-refractivity contribution in [3.8, 4) is 0 Å². The Morgan fingerprint density at radius 2 is 1.40 bits per heavy atom. The molecule has 0 bridgehead atoms. The van der Waals surface area contributed by atoms with Gasteiger partial charge in [-0.3, -0.25) is 5.32 Å². The van der Waals surface area contributed by atoms with Crippen molar-refractivity contribution in [3.63, 3.8) is 0 Å². The molecule has 7 unspecified atom stereocenters. The lowest BCUT2D eigenvalue weighted by atomic mass is 9.52. The molecule has 0 amide bonds. The van der Waals surface area contributed by atoms with Crippen LogP contribution >= 0.6 is 0 Å². The van der Waals surface area contributed by atoms with E-state index in [2.05, 4.69) is 5.32 Å². The third-order valence-electron chi connectivity index (χ3n) is 9.49. The first-order chi connectivity index (χ1) is 14.6. The van der Waals surface area contributed by atoms with Gasteiger partial charge in [0, 0.05) is 35.3 Å². The lowest BCUT2D eigenvalue weighted by Crippen LogP contribution is -2.61. The van der Waals surface area contributed by atoms with Crippen molar-refractivity contribution in [2.45, 2.75) is 108 Å². The summed E-state index contributed by atoms with van der Waals surface area (Å²) >= 11 is 0. The van der Waals surface area contributed by atoms with Crippen LogP contribution in [0.25, 0.3) is 0 Å². The number of nitrogens with zero attached hydrogens (tertiary/aromatic N) is 1. The van der Waals surface area contributed by atoms with Crippen LogP contribution < -0.4 is 5.32 Å². The number of nitrogens with one attached hydrogen (secondary N) is 1. The fraction of sp³-hybridized carbons (Fsp3) is 1.00. The first-order valence-corrected chi connectivity index (χ1v) is 13.1. The summed E-state index contributed by atoms with van der Waals surface area (Å²) in [6.45, 7) is 0.881. The summed E-state index contributed by atoms with van der Waals surface area (Å²) in [7, 11) is 1.76. The predicted molar refractivity (Wildman–Crippen MR) is 117 cm³/mol. The number of hydrogen-bond acceptors (Lipinski definition) is 4. The molecule has 2 N–H and O–H groups in total. The minimum atomic E-state index is -0.452. The Kier molecular flexibility index (Phi) is 6.51. The minimum Gasteiger partial charge on any atom is -0.378 e. The molecule has 5 nitrogen and oxygen atoms in total. The molecule has 1 saturated heterocycles. The van der Waals surface area contributed by atoms with E-state index < -0.39 is 6.23 Å². The summed E-state index contributed by atoms with van der Waals surface area (Å²) < 4.78 is 7.58. The average Bonchev–Trinajstić information content (AvgIpc) is 3.59. The maximum Gasteiger partial charge on any atom is 0.207 e. The zero-order valence-corrected chi connectivity index (χ0v) is 18.9. The molecule has 0 spiro atoms. The zero-order valence-electron chi connectivity index (χ0n) is 18.9. The highest BCUT2D eigenvalue weighted by Gasteiger charge is 2.58. The Balaban J connectivity index is 1.38. The van der Waals surface area contributed by atoms with E-state index in [1.807, 2.05) is 0 Å². The highest BCUT2D eigenvalue weighted by Crippen LogP contribution is 2.55. The van der Waals surface area contributed by atoms with Gasteiger partial charge in [0.05, 0.1) is 6.10 Å². The van der Waals surface area contributed by atoms with Crippen LogP contribution in [0.1, 0.15) is 83.5 Å². The van der Waals surface area contributed by atoms with Crippen molar-refractivity contribution in [1.29, 1.82) is 0 Å². The quantitative estimate of drug-likeness (QED) is 0.516. The monoisotopic (exact) mass is 419 g/mol. The lowest BCUT2D eigenvalue weighted by Gasteiger charge is -2.53. The smallest absolute Gasteiger partial charge is 0.207 e. The van der Waals surface area contributed by atoms with E-state index in [1.54, 1.807) is 7.05 Å². The van der Waals surface area contributed by atoms with Crippen molar-refractivity contribution in [3.05, 3.63) is 4.91 Å². The van der Waals surface area contributed by atoms with E-state index in [1.165, 1.54) is 75.4 Å².